The van der Waals surface area contributed by atoms with Crippen molar-refractivity contribution in [2.75, 3.05) is 19.8 Å². The number of sulfonamides is 1. The first-order chi connectivity index (χ1) is 17.5. The Morgan fingerprint density at radius 1 is 0.919 bits per heavy atom. The third-order valence-corrected chi connectivity index (χ3v) is 7.35. The van der Waals surface area contributed by atoms with E-state index in [-0.39, 0.29) is 19.5 Å². The SMILES string of the molecule is CN(CC(=O)N(Cc1ccc(F)cc1)[C@@H](Cc1ccccc1)C(=O)NCc1ccc(Cl)cc1)S(C)(=O)=O. The highest BCUT2D eigenvalue weighted by Gasteiger charge is 2.31. The molecule has 1 N–H and O–H groups in total. The molecule has 2 amide bonds. The number of carbonyl (C=O) groups is 2. The second kappa shape index (κ2) is 12.8. The van der Waals surface area contributed by atoms with Crippen LogP contribution in [0.15, 0.2) is 78.9 Å². The molecule has 0 aliphatic rings. The molecule has 0 saturated heterocycles. The molecule has 3 aromatic carbocycles. The minimum absolute atomic E-state index is 0.0113. The fourth-order valence-corrected chi connectivity index (χ4v) is 4.12. The lowest BCUT2D eigenvalue weighted by Gasteiger charge is -2.32. The van der Waals surface area contributed by atoms with E-state index in [2.05, 4.69) is 5.32 Å². The lowest BCUT2D eigenvalue weighted by atomic mass is 10.0. The molecule has 0 fully saturated rings. The van der Waals surface area contributed by atoms with Crippen LogP contribution in [0.5, 0.6) is 0 Å². The summed E-state index contributed by atoms with van der Waals surface area (Å²) in [6.07, 6.45) is 1.20. The Kier molecular flexibility index (Phi) is 9.79. The van der Waals surface area contributed by atoms with Crippen molar-refractivity contribution in [3.63, 3.8) is 0 Å². The molecule has 0 aliphatic carbocycles. The summed E-state index contributed by atoms with van der Waals surface area (Å²) in [4.78, 5) is 28.4. The maximum absolute atomic E-state index is 13.5. The molecule has 0 aliphatic heterocycles. The van der Waals surface area contributed by atoms with Crippen LogP contribution in [-0.2, 0) is 39.1 Å². The van der Waals surface area contributed by atoms with Gasteiger partial charge in [0, 0.05) is 31.6 Å². The van der Waals surface area contributed by atoms with E-state index in [0.717, 1.165) is 21.7 Å². The summed E-state index contributed by atoms with van der Waals surface area (Å²) in [5, 5.41) is 3.46. The zero-order valence-electron chi connectivity index (χ0n) is 20.6. The fourth-order valence-electron chi connectivity index (χ4n) is 3.65. The highest BCUT2D eigenvalue weighted by Crippen LogP contribution is 2.17. The maximum atomic E-state index is 13.5. The van der Waals surface area contributed by atoms with Crippen molar-refractivity contribution in [1.29, 1.82) is 0 Å². The predicted octanol–water partition coefficient (Wildman–Crippen LogP) is 3.63. The number of hydrogen-bond acceptors (Lipinski definition) is 4. The summed E-state index contributed by atoms with van der Waals surface area (Å²) in [6, 6.07) is 20.9. The first-order valence-electron chi connectivity index (χ1n) is 11.5. The van der Waals surface area contributed by atoms with Gasteiger partial charge in [0.25, 0.3) is 0 Å². The van der Waals surface area contributed by atoms with E-state index in [9.17, 15) is 22.4 Å². The van der Waals surface area contributed by atoms with Crippen LogP contribution in [0.3, 0.4) is 0 Å². The monoisotopic (exact) mass is 545 g/mol. The number of benzene rings is 3. The van der Waals surface area contributed by atoms with Crippen LogP contribution >= 0.6 is 11.6 Å². The smallest absolute Gasteiger partial charge is 0.243 e. The highest BCUT2D eigenvalue weighted by atomic mass is 35.5. The molecule has 0 aromatic heterocycles. The van der Waals surface area contributed by atoms with Gasteiger partial charge in [0.1, 0.15) is 11.9 Å². The van der Waals surface area contributed by atoms with Crippen LogP contribution in [-0.4, -0.2) is 55.3 Å². The maximum Gasteiger partial charge on any atom is 0.243 e. The zero-order chi connectivity index (χ0) is 27.0. The van der Waals surface area contributed by atoms with Gasteiger partial charge in [0.15, 0.2) is 0 Å². The van der Waals surface area contributed by atoms with Gasteiger partial charge in [-0.05, 0) is 41.0 Å². The molecule has 0 heterocycles. The topological polar surface area (TPSA) is 86.8 Å². The molecule has 0 bridgehead atoms. The largest absolute Gasteiger partial charge is 0.350 e. The molecule has 0 unspecified atom stereocenters. The van der Waals surface area contributed by atoms with Gasteiger partial charge in [-0.15, -0.1) is 0 Å². The predicted molar refractivity (Wildman–Crippen MR) is 142 cm³/mol. The summed E-state index contributed by atoms with van der Waals surface area (Å²) in [5.74, 6) is -1.39. The summed E-state index contributed by atoms with van der Waals surface area (Å²) in [6.45, 7) is -0.249. The number of likely N-dealkylation sites (N-methyl/N-ethyl adjacent to an activating group) is 1. The van der Waals surface area contributed by atoms with Crippen LogP contribution in [0, 0.1) is 5.82 Å². The van der Waals surface area contributed by atoms with Crippen LogP contribution in [0.1, 0.15) is 16.7 Å². The number of halogens is 2. The molecule has 7 nitrogen and oxygen atoms in total. The summed E-state index contributed by atoms with van der Waals surface area (Å²) < 4.78 is 38.4. The Morgan fingerprint density at radius 2 is 1.51 bits per heavy atom. The van der Waals surface area contributed by atoms with E-state index >= 15 is 0 Å². The Bertz CT molecular complexity index is 1300. The third-order valence-electron chi connectivity index (χ3n) is 5.84. The first kappa shape index (κ1) is 28.3. The van der Waals surface area contributed by atoms with Gasteiger partial charge in [-0.25, -0.2) is 12.8 Å². The number of rotatable bonds is 11. The molecule has 1 atom stereocenters. The molecule has 3 rings (SSSR count). The van der Waals surface area contributed by atoms with Crippen LogP contribution in [0.25, 0.3) is 0 Å². The average molecular weight is 546 g/mol. The molecule has 37 heavy (non-hydrogen) atoms. The molecule has 0 radical (unpaired) electrons. The number of nitrogens with one attached hydrogen (secondary N) is 1. The minimum atomic E-state index is -3.64. The number of hydrogen-bond donors (Lipinski definition) is 1. The van der Waals surface area contributed by atoms with E-state index in [1.165, 1.54) is 36.2 Å². The molecular formula is C27H29ClFN3O4S. The van der Waals surface area contributed by atoms with Crippen molar-refractivity contribution in [2.24, 2.45) is 0 Å². The number of nitrogens with zero attached hydrogens (tertiary/aromatic N) is 2. The standard InChI is InChI=1S/C27H29ClFN3O4S/c1-31(37(2,35)36)19-26(33)32(18-22-10-14-24(29)15-11-22)25(16-20-6-4-3-5-7-20)27(34)30-17-21-8-12-23(28)13-9-21/h3-15,25H,16-19H2,1-2H3,(H,30,34)/t25-/m0/s1. The summed E-state index contributed by atoms with van der Waals surface area (Å²) in [5.41, 5.74) is 2.24. The number of carbonyl (C=O) groups excluding carboxylic acids is 2. The van der Waals surface area contributed by atoms with Gasteiger partial charge in [-0.1, -0.05) is 66.2 Å². The minimum Gasteiger partial charge on any atom is -0.350 e. The number of amides is 2. The highest BCUT2D eigenvalue weighted by molar-refractivity contribution is 7.88. The Balaban J connectivity index is 1.93. The summed E-state index contributed by atoms with van der Waals surface area (Å²) in [7, 11) is -2.34. The van der Waals surface area contributed by atoms with Crippen molar-refractivity contribution >= 4 is 33.4 Å². The van der Waals surface area contributed by atoms with Gasteiger partial charge in [-0.3, -0.25) is 9.59 Å². The van der Waals surface area contributed by atoms with E-state index in [4.69, 9.17) is 11.6 Å². The Hall–Kier alpha value is -3.27. The van der Waals surface area contributed by atoms with E-state index in [1.54, 1.807) is 24.3 Å². The van der Waals surface area contributed by atoms with Gasteiger partial charge in [0.05, 0.1) is 12.8 Å². The zero-order valence-corrected chi connectivity index (χ0v) is 22.2. The molecule has 10 heteroatoms. The molecule has 0 saturated carbocycles. The van der Waals surface area contributed by atoms with Crippen molar-refractivity contribution in [1.82, 2.24) is 14.5 Å². The van der Waals surface area contributed by atoms with Gasteiger partial charge in [0.2, 0.25) is 21.8 Å². The van der Waals surface area contributed by atoms with Crippen molar-refractivity contribution in [2.45, 2.75) is 25.6 Å². The second-order valence-corrected chi connectivity index (χ2v) is 11.2. The third kappa shape index (κ3) is 8.66. The Morgan fingerprint density at radius 3 is 2.11 bits per heavy atom. The first-order valence-corrected chi connectivity index (χ1v) is 13.8. The van der Waals surface area contributed by atoms with E-state index in [0.29, 0.717) is 10.6 Å². The lowest BCUT2D eigenvalue weighted by molar-refractivity contribution is -0.141. The van der Waals surface area contributed by atoms with Crippen molar-refractivity contribution in [3.05, 3.63) is 106 Å². The van der Waals surface area contributed by atoms with E-state index < -0.39 is 40.2 Å². The quantitative estimate of drug-likeness (QED) is 0.399. The van der Waals surface area contributed by atoms with Crippen LogP contribution in [0.4, 0.5) is 4.39 Å². The van der Waals surface area contributed by atoms with Gasteiger partial charge < -0.3 is 10.2 Å². The lowest BCUT2D eigenvalue weighted by Crippen LogP contribution is -2.52. The normalized spacial score (nSPS) is 12.2. The van der Waals surface area contributed by atoms with Gasteiger partial charge >= 0.3 is 0 Å². The molecule has 3 aromatic rings. The van der Waals surface area contributed by atoms with Crippen molar-refractivity contribution in [3.8, 4) is 0 Å². The van der Waals surface area contributed by atoms with Crippen molar-refractivity contribution < 1.29 is 22.4 Å². The summed E-state index contributed by atoms with van der Waals surface area (Å²) >= 11 is 5.95. The fraction of sp³-hybridized carbons (Fsp3) is 0.259. The van der Waals surface area contributed by atoms with E-state index in [1.807, 2.05) is 30.3 Å². The van der Waals surface area contributed by atoms with Crippen LogP contribution in [0.2, 0.25) is 5.02 Å². The molecular weight excluding hydrogens is 517 g/mol. The average Bonchev–Trinajstić information content (AvgIpc) is 2.86. The van der Waals surface area contributed by atoms with Gasteiger partial charge in [-0.2, -0.15) is 4.31 Å². The molecule has 0 spiro atoms. The van der Waals surface area contributed by atoms with Crippen LogP contribution < -0.4 is 5.32 Å². The Labute approximate surface area is 221 Å². The second-order valence-electron chi connectivity index (χ2n) is 8.72. The molecule has 196 valence electrons.